The third-order valence-corrected chi connectivity index (χ3v) is 3.18. The minimum Gasteiger partial charge on any atom is -0.197 e. The highest BCUT2D eigenvalue weighted by atomic mass is 32.1. The van der Waals surface area contributed by atoms with Gasteiger partial charge >= 0.3 is 0 Å². The summed E-state index contributed by atoms with van der Waals surface area (Å²) in [5.74, 6) is 0. The van der Waals surface area contributed by atoms with Gasteiger partial charge < -0.3 is 0 Å². The van der Waals surface area contributed by atoms with Gasteiger partial charge in [0.1, 0.15) is 0 Å². The second-order valence-corrected chi connectivity index (χ2v) is 3.73. The molecule has 0 bridgehead atoms. The molecule has 1 aromatic rings. The minimum atomic E-state index is 1.28. The maximum Gasteiger partial charge on any atom is 0.0546 e. The van der Waals surface area contributed by atoms with Crippen molar-refractivity contribution >= 4 is 11.5 Å². The fraction of sp³-hybridized carbons (Fsp3) is 0.700. The molecule has 0 aromatic carbocycles. The molecule has 0 atom stereocenters. The van der Waals surface area contributed by atoms with Crippen LogP contribution in [0.3, 0.4) is 0 Å². The van der Waals surface area contributed by atoms with Crippen LogP contribution in [0.25, 0.3) is 0 Å². The van der Waals surface area contributed by atoms with Crippen molar-refractivity contribution in [1.29, 1.82) is 0 Å². The van der Waals surface area contributed by atoms with E-state index in [0.717, 1.165) is 0 Å². The summed E-state index contributed by atoms with van der Waals surface area (Å²) in [5, 5.41) is 0. The Labute approximate surface area is 79.0 Å². The maximum atomic E-state index is 4.34. The lowest BCUT2D eigenvalue weighted by atomic mass is 9.98. The van der Waals surface area contributed by atoms with Gasteiger partial charge in [-0.3, -0.25) is 0 Å². The highest BCUT2D eigenvalue weighted by Crippen LogP contribution is 2.26. The second kappa shape index (κ2) is 4.61. The lowest BCUT2D eigenvalue weighted by Crippen LogP contribution is -1.98. The number of nitrogens with zero attached hydrogens (tertiary/aromatic N) is 1. The van der Waals surface area contributed by atoms with E-state index in [2.05, 4.69) is 11.3 Å². The molecule has 2 heteroatoms. The first-order valence-corrected chi connectivity index (χ1v) is 5.59. The molecule has 1 aliphatic carbocycles. The third kappa shape index (κ3) is 1.86. The molecular formula is C10H17NS. The van der Waals surface area contributed by atoms with Gasteiger partial charge in [-0.15, -0.1) is 0 Å². The van der Waals surface area contributed by atoms with E-state index in [0.29, 0.717) is 0 Å². The van der Waals surface area contributed by atoms with Gasteiger partial charge in [0.25, 0.3) is 0 Å². The monoisotopic (exact) mass is 183 g/mol. The van der Waals surface area contributed by atoms with Crippen LogP contribution in [0.15, 0.2) is 0 Å². The predicted octanol–water partition coefficient (Wildman–Crippen LogP) is 3.36. The summed E-state index contributed by atoms with van der Waals surface area (Å²) in [5.41, 5.74) is 2.83. The molecule has 0 saturated heterocycles. The Bertz CT molecular complexity index is 240. The molecule has 1 aliphatic rings. The van der Waals surface area contributed by atoms with Crippen LogP contribution in [-0.4, -0.2) is 4.37 Å². The Morgan fingerprint density at radius 1 is 1.17 bits per heavy atom. The van der Waals surface area contributed by atoms with Crippen molar-refractivity contribution in [2.45, 2.75) is 46.5 Å². The lowest BCUT2D eigenvalue weighted by molar-refractivity contribution is 0.693. The van der Waals surface area contributed by atoms with E-state index in [1.807, 2.05) is 13.8 Å². The summed E-state index contributed by atoms with van der Waals surface area (Å²) < 4.78 is 4.34. The standard InChI is InChI=1S/C8H11NS.C2H6/c1-6-7-4-2-3-5-8(7)10-9-6;1-2/h2-5H2,1H3;1-2H3. The van der Waals surface area contributed by atoms with E-state index in [1.165, 1.54) is 31.4 Å². The van der Waals surface area contributed by atoms with Crippen LogP contribution in [-0.2, 0) is 12.8 Å². The predicted molar refractivity (Wildman–Crippen MR) is 54.8 cm³/mol. The maximum absolute atomic E-state index is 4.34. The van der Waals surface area contributed by atoms with Gasteiger partial charge in [-0.25, -0.2) is 0 Å². The van der Waals surface area contributed by atoms with E-state index in [9.17, 15) is 0 Å². The first-order valence-electron chi connectivity index (χ1n) is 4.82. The molecule has 12 heavy (non-hydrogen) atoms. The zero-order valence-corrected chi connectivity index (χ0v) is 9.00. The van der Waals surface area contributed by atoms with Crippen LogP contribution in [0.2, 0.25) is 0 Å². The average Bonchev–Trinajstić information content (AvgIpc) is 2.53. The van der Waals surface area contributed by atoms with E-state index in [1.54, 1.807) is 22.0 Å². The van der Waals surface area contributed by atoms with Crippen molar-refractivity contribution < 1.29 is 0 Å². The number of aryl methyl sites for hydroxylation is 2. The molecule has 0 unspecified atom stereocenters. The molecule has 1 nitrogen and oxygen atoms in total. The largest absolute Gasteiger partial charge is 0.197 e. The quantitative estimate of drug-likeness (QED) is 0.601. The Hall–Kier alpha value is -0.370. The van der Waals surface area contributed by atoms with E-state index in [4.69, 9.17) is 0 Å². The van der Waals surface area contributed by atoms with Crippen LogP contribution >= 0.6 is 11.5 Å². The van der Waals surface area contributed by atoms with Crippen LogP contribution in [0.4, 0.5) is 0 Å². The summed E-state index contributed by atoms with van der Waals surface area (Å²) in [7, 11) is 0. The van der Waals surface area contributed by atoms with Gasteiger partial charge in [0.2, 0.25) is 0 Å². The van der Waals surface area contributed by atoms with Crippen LogP contribution in [0, 0.1) is 6.92 Å². The van der Waals surface area contributed by atoms with Crippen LogP contribution in [0.5, 0.6) is 0 Å². The lowest BCUT2D eigenvalue weighted by Gasteiger charge is -2.08. The van der Waals surface area contributed by atoms with Crippen molar-refractivity contribution in [3.05, 3.63) is 16.1 Å². The van der Waals surface area contributed by atoms with Crippen molar-refractivity contribution in [1.82, 2.24) is 4.37 Å². The normalized spacial score (nSPS) is 14.6. The highest BCUT2D eigenvalue weighted by Gasteiger charge is 2.13. The van der Waals surface area contributed by atoms with E-state index >= 15 is 0 Å². The van der Waals surface area contributed by atoms with Crippen molar-refractivity contribution in [2.24, 2.45) is 0 Å². The summed E-state index contributed by atoms with van der Waals surface area (Å²) in [6.45, 7) is 6.13. The van der Waals surface area contributed by atoms with Gasteiger partial charge in [-0.2, -0.15) is 4.37 Å². The molecule has 1 heterocycles. The fourth-order valence-corrected chi connectivity index (χ4v) is 2.49. The smallest absolute Gasteiger partial charge is 0.0546 e. The molecule has 0 aliphatic heterocycles. The molecule has 0 saturated carbocycles. The summed E-state index contributed by atoms with van der Waals surface area (Å²) in [4.78, 5) is 1.55. The summed E-state index contributed by atoms with van der Waals surface area (Å²) in [6, 6.07) is 0. The molecule has 2 rings (SSSR count). The molecule has 1 aromatic heterocycles. The van der Waals surface area contributed by atoms with Crippen molar-refractivity contribution in [3.63, 3.8) is 0 Å². The van der Waals surface area contributed by atoms with Gasteiger partial charge in [0.15, 0.2) is 0 Å². The molecule has 68 valence electrons. The van der Waals surface area contributed by atoms with Gasteiger partial charge in [-0.1, -0.05) is 13.8 Å². The highest BCUT2D eigenvalue weighted by molar-refractivity contribution is 7.06. The Morgan fingerprint density at radius 2 is 1.83 bits per heavy atom. The molecule has 0 amide bonds. The SMILES string of the molecule is CC.Cc1nsc2c1CCCC2. The molecular weight excluding hydrogens is 166 g/mol. The first kappa shape index (κ1) is 9.72. The number of fused-ring (bicyclic) bond motifs is 1. The summed E-state index contributed by atoms with van der Waals surface area (Å²) in [6.07, 6.45) is 5.29. The number of rotatable bonds is 0. The third-order valence-electron chi connectivity index (χ3n) is 2.15. The van der Waals surface area contributed by atoms with E-state index < -0.39 is 0 Å². The van der Waals surface area contributed by atoms with Crippen LogP contribution in [0.1, 0.15) is 42.8 Å². The van der Waals surface area contributed by atoms with Crippen molar-refractivity contribution in [2.75, 3.05) is 0 Å². The average molecular weight is 183 g/mol. The first-order chi connectivity index (χ1) is 5.88. The molecule has 0 radical (unpaired) electrons. The van der Waals surface area contributed by atoms with Gasteiger partial charge in [-0.05, 0) is 49.7 Å². The van der Waals surface area contributed by atoms with E-state index in [-0.39, 0.29) is 0 Å². The van der Waals surface area contributed by atoms with Gasteiger partial charge in [0, 0.05) is 4.88 Å². The zero-order valence-electron chi connectivity index (χ0n) is 8.18. The topological polar surface area (TPSA) is 12.9 Å². The van der Waals surface area contributed by atoms with Gasteiger partial charge in [0.05, 0.1) is 5.69 Å². The fourth-order valence-electron chi connectivity index (χ4n) is 1.54. The van der Waals surface area contributed by atoms with Crippen LogP contribution < -0.4 is 0 Å². The minimum absolute atomic E-state index is 1.28. The number of aromatic nitrogens is 1. The second-order valence-electron chi connectivity index (χ2n) is 2.88. The Balaban J connectivity index is 0.000000336. The van der Waals surface area contributed by atoms with Crippen molar-refractivity contribution in [3.8, 4) is 0 Å². The molecule has 0 spiro atoms. The molecule has 0 fully saturated rings. The zero-order chi connectivity index (χ0) is 8.97. The number of hydrogen-bond acceptors (Lipinski definition) is 2. The Morgan fingerprint density at radius 3 is 2.50 bits per heavy atom. The Kier molecular flexibility index (Phi) is 3.73. The number of hydrogen-bond donors (Lipinski definition) is 0. The molecule has 0 N–H and O–H groups in total. The summed E-state index contributed by atoms with van der Waals surface area (Å²) >= 11 is 1.70.